The molecule has 0 fully saturated rings. The Morgan fingerprint density at radius 1 is 1.00 bits per heavy atom. The van der Waals surface area contributed by atoms with Crippen molar-refractivity contribution in [1.82, 2.24) is 0 Å². The Morgan fingerprint density at radius 3 is 2.18 bits per heavy atom. The second-order valence-corrected chi connectivity index (χ2v) is 3.37. The first-order valence-corrected chi connectivity index (χ1v) is 5.06. The monoisotopic (exact) mass is 152 g/mol. The highest BCUT2D eigenvalue weighted by atomic mass is 14.0. The van der Waals surface area contributed by atoms with E-state index in [1.54, 1.807) is 0 Å². The van der Waals surface area contributed by atoms with Gasteiger partial charge < -0.3 is 0 Å². The second kappa shape index (κ2) is 8.16. The fraction of sp³-hybridized carbons (Fsp3) is 1.00. The van der Waals surface area contributed by atoms with Crippen LogP contribution in [0.25, 0.3) is 0 Å². The van der Waals surface area contributed by atoms with Crippen LogP contribution in [0.4, 0.5) is 0 Å². The molecule has 0 aromatic rings. The first-order valence-electron chi connectivity index (χ1n) is 5.06. The number of unbranched alkanes of at least 4 members (excludes halogenated alkanes) is 4. The van der Waals surface area contributed by atoms with E-state index in [4.69, 9.17) is 7.85 Å². The Morgan fingerprint density at radius 2 is 1.64 bits per heavy atom. The topological polar surface area (TPSA) is 0 Å². The summed E-state index contributed by atoms with van der Waals surface area (Å²) in [7, 11) is 5.79. The quantitative estimate of drug-likeness (QED) is 0.385. The first-order chi connectivity index (χ1) is 5.31. The van der Waals surface area contributed by atoms with Gasteiger partial charge in [-0.1, -0.05) is 64.6 Å². The molecule has 1 unspecified atom stereocenters. The zero-order chi connectivity index (χ0) is 8.53. The Balaban J connectivity index is 2.89. The molecule has 11 heavy (non-hydrogen) atoms. The Labute approximate surface area is 73.2 Å². The molecule has 0 nitrogen and oxygen atoms in total. The minimum atomic E-state index is 0.455. The van der Waals surface area contributed by atoms with Crippen LogP contribution in [0, 0.1) is 0 Å². The normalized spacial score (nSPS) is 13.3. The molecule has 1 atom stereocenters. The van der Waals surface area contributed by atoms with Crippen molar-refractivity contribution >= 4 is 7.85 Å². The highest BCUT2D eigenvalue weighted by Gasteiger charge is 1.96. The maximum atomic E-state index is 5.79. The van der Waals surface area contributed by atoms with Gasteiger partial charge in [0, 0.05) is 0 Å². The lowest BCUT2D eigenvalue weighted by Crippen LogP contribution is -1.89. The van der Waals surface area contributed by atoms with Gasteiger partial charge >= 0.3 is 0 Å². The molecular weight excluding hydrogens is 131 g/mol. The van der Waals surface area contributed by atoms with Crippen LogP contribution in [0.3, 0.4) is 0 Å². The predicted octanol–water partition coefficient (Wildman–Crippen LogP) is 3.71. The lowest BCUT2D eigenvalue weighted by molar-refractivity contribution is 0.585. The van der Waals surface area contributed by atoms with Crippen LogP contribution in [-0.4, -0.2) is 7.85 Å². The van der Waals surface area contributed by atoms with Crippen LogP contribution in [0.15, 0.2) is 0 Å². The molecule has 0 amide bonds. The van der Waals surface area contributed by atoms with Crippen molar-refractivity contribution in [3.8, 4) is 0 Å². The standard InChI is InChI=1S/C10H21B/c1-3-5-6-7-8-9-10(11)4-2/h10H,3-9H2,1-2H3. The third-order valence-corrected chi connectivity index (χ3v) is 2.20. The average Bonchev–Trinajstić information content (AvgIpc) is 2.04. The molecule has 0 aliphatic heterocycles. The molecule has 0 aromatic heterocycles. The summed E-state index contributed by atoms with van der Waals surface area (Å²) < 4.78 is 0. The average molecular weight is 152 g/mol. The molecule has 0 heterocycles. The van der Waals surface area contributed by atoms with Crippen molar-refractivity contribution in [3.05, 3.63) is 0 Å². The molecule has 1 heteroatoms. The van der Waals surface area contributed by atoms with Crippen molar-refractivity contribution in [3.63, 3.8) is 0 Å². The predicted molar refractivity (Wildman–Crippen MR) is 53.2 cm³/mol. The largest absolute Gasteiger partial charge is 0.0776 e. The summed E-state index contributed by atoms with van der Waals surface area (Å²) in [6.07, 6.45) is 9.18. The van der Waals surface area contributed by atoms with Crippen molar-refractivity contribution in [2.45, 2.75) is 64.6 Å². The molecule has 0 spiro atoms. The van der Waals surface area contributed by atoms with Gasteiger partial charge in [-0.05, 0) is 0 Å². The Hall–Kier alpha value is 0.0649. The molecule has 0 N–H and O–H groups in total. The van der Waals surface area contributed by atoms with Crippen molar-refractivity contribution in [1.29, 1.82) is 0 Å². The van der Waals surface area contributed by atoms with E-state index in [1.165, 1.54) is 38.5 Å². The third kappa shape index (κ3) is 7.97. The fourth-order valence-corrected chi connectivity index (χ4v) is 1.21. The molecule has 0 saturated carbocycles. The summed E-state index contributed by atoms with van der Waals surface area (Å²) in [5.41, 5.74) is 0. The highest BCUT2D eigenvalue weighted by Crippen LogP contribution is 2.15. The van der Waals surface area contributed by atoms with E-state index in [1.807, 2.05) is 0 Å². The van der Waals surface area contributed by atoms with E-state index in [0.29, 0.717) is 5.82 Å². The van der Waals surface area contributed by atoms with Crippen molar-refractivity contribution in [2.75, 3.05) is 0 Å². The lowest BCUT2D eigenvalue weighted by atomic mass is 9.81. The van der Waals surface area contributed by atoms with Crippen molar-refractivity contribution in [2.24, 2.45) is 0 Å². The maximum absolute atomic E-state index is 5.79. The summed E-state index contributed by atoms with van der Waals surface area (Å²) in [6.45, 7) is 4.41. The van der Waals surface area contributed by atoms with Crippen LogP contribution < -0.4 is 0 Å². The van der Waals surface area contributed by atoms with Gasteiger partial charge in [-0.15, -0.1) is 0 Å². The summed E-state index contributed by atoms with van der Waals surface area (Å²) >= 11 is 0. The van der Waals surface area contributed by atoms with Gasteiger partial charge in [0.15, 0.2) is 0 Å². The molecule has 64 valence electrons. The highest BCUT2D eigenvalue weighted by molar-refractivity contribution is 6.11. The number of hydrogen-bond acceptors (Lipinski definition) is 0. The molecular formula is C10H21B. The second-order valence-electron chi connectivity index (χ2n) is 3.37. The van der Waals surface area contributed by atoms with E-state index in [0.717, 1.165) is 6.42 Å². The zero-order valence-electron chi connectivity index (χ0n) is 8.10. The summed E-state index contributed by atoms with van der Waals surface area (Å²) in [5, 5.41) is 0. The van der Waals surface area contributed by atoms with Crippen LogP contribution in [0.5, 0.6) is 0 Å². The zero-order valence-corrected chi connectivity index (χ0v) is 8.10. The Bertz CT molecular complexity index is 71.3. The van der Waals surface area contributed by atoms with E-state index < -0.39 is 0 Å². The van der Waals surface area contributed by atoms with E-state index in [-0.39, 0.29) is 0 Å². The summed E-state index contributed by atoms with van der Waals surface area (Å²) in [5.74, 6) is 0.455. The van der Waals surface area contributed by atoms with Gasteiger partial charge in [0.2, 0.25) is 0 Å². The molecule has 0 aliphatic carbocycles. The number of hydrogen-bond donors (Lipinski definition) is 0. The first kappa shape index (κ1) is 11.1. The third-order valence-electron chi connectivity index (χ3n) is 2.20. The van der Waals surface area contributed by atoms with Gasteiger partial charge in [0.25, 0.3) is 0 Å². The molecule has 0 saturated heterocycles. The van der Waals surface area contributed by atoms with Crippen LogP contribution in [-0.2, 0) is 0 Å². The summed E-state index contributed by atoms with van der Waals surface area (Å²) in [4.78, 5) is 0. The van der Waals surface area contributed by atoms with Gasteiger partial charge in [-0.3, -0.25) is 0 Å². The molecule has 0 rings (SSSR count). The maximum Gasteiger partial charge on any atom is 0.0699 e. The van der Waals surface area contributed by atoms with Gasteiger partial charge in [0.1, 0.15) is 0 Å². The van der Waals surface area contributed by atoms with E-state index in [2.05, 4.69) is 13.8 Å². The SMILES string of the molecule is [B]C(CC)CCCCCCC. The molecule has 0 bridgehead atoms. The molecule has 2 radical (unpaired) electrons. The van der Waals surface area contributed by atoms with Crippen LogP contribution >= 0.6 is 0 Å². The van der Waals surface area contributed by atoms with Crippen molar-refractivity contribution < 1.29 is 0 Å². The number of rotatable bonds is 7. The van der Waals surface area contributed by atoms with Crippen LogP contribution in [0.1, 0.15) is 58.8 Å². The van der Waals surface area contributed by atoms with E-state index >= 15 is 0 Å². The van der Waals surface area contributed by atoms with Gasteiger partial charge in [-0.2, -0.15) is 0 Å². The molecule has 0 aliphatic rings. The van der Waals surface area contributed by atoms with Crippen LogP contribution in [0.2, 0.25) is 5.82 Å². The van der Waals surface area contributed by atoms with Gasteiger partial charge in [0.05, 0.1) is 7.85 Å². The minimum absolute atomic E-state index is 0.455. The fourth-order valence-electron chi connectivity index (χ4n) is 1.21. The minimum Gasteiger partial charge on any atom is -0.0776 e. The lowest BCUT2D eigenvalue weighted by Gasteiger charge is -2.06. The summed E-state index contributed by atoms with van der Waals surface area (Å²) in [6, 6.07) is 0. The van der Waals surface area contributed by atoms with E-state index in [9.17, 15) is 0 Å². The smallest absolute Gasteiger partial charge is 0.0699 e. The Kier molecular flexibility index (Phi) is 8.21. The van der Waals surface area contributed by atoms with Gasteiger partial charge in [-0.25, -0.2) is 0 Å². The molecule has 0 aromatic carbocycles.